The van der Waals surface area contributed by atoms with Gasteiger partial charge in [0.25, 0.3) is 0 Å². The Labute approximate surface area is 161 Å². The van der Waals surface area contributed by atoms with Crippen LogP contribution in [-0.2, 0) is 14.3 Å². The second-order valence-corrected chi connectivity index (χ2v) is 6.90. The zero-order chi connectivity index (χ0) is 19.8. The van der Waals surface area contributed by atoms with E-state index in [1.54, 1.807) is 6.07 Å². The summed E-state index contributed by atoms with van der Waals surface area (Å²) in [5.41, 5.74) is 1.99. The summed E-state index contributed by atoms with van der Waals surface area (Å²) < 4.78 is 18.0. The molecule has 0 heterocycles. The van der Waals surface area contributed by atoms with Gasteiger partial charge in [-0.2, -0.15) is 0 Å². The van der Waals surface area contributed by atoms with Crippen molar-refractivity contribution in [3.05, 3.63) is 65.5 Å². The predicted molar refractivity (Wildman–Crippen MR) is 103 cm³/mol. The minimum atomic E-state index is -0.982. The molecule has 0 aliphatic carbocycles. The molecule has 2 aromatic rings. The molecule has 0 aliphatic rings. The van der Waals surface area contributed by atoms with Gasteiger partial charge in [-0.15, -0.1) is 11.8 Å². The Hall–Kier alpha value is -2.67. The summed E-state index contributed by atoms with van der Waals surface area (Å²) in [6.45, 7) is 3.38. The average molecular weight is 389 g/mol. The SMILES string of the molecule is Cc1cccc(NC(=O)CSCC(=O)O[C@H](C)C(=O)c2ccc(F)cc2)c1. The Balaban J connectivity index is 1.72. The van der Waals surface area contributed by atoms with Crippen molar-refractivity contribution in [1.29, 1.82) is 0 Å². The van der Waals surface area contributed by atoms with Crippen LogP contribution in [0.3, 0.4) is 0 Å². The number of rotatable bonds is 8. The normalized spacial score (nSPS) is 11.5. The third kappa shape index (κ3) is 6.86. The fraction of sp³-hybridized carbons (Fsp3) is 0.250. The van der Waals surface area contributed by atoms with Crippen molar-refractivity contribution < 1.29 is 23.5 Å². The largest absolute Gasteiger partial charge is 0.454 e. The molecule has 0 spiro atoms. The number of ketones is 1. The highest BCUT2D eigenvalue weighted by atomic mass is 32.2. The molecule has 0 aliphatic heterocycles. The van der Waals surface area contributed by atoms with Crippen molar-refractivity contribution in [2.45, 2.75) is 20.0 Å². The van der Waals surface area contributed by atoms with E-state index < -0.39 is 23.7 Å². The third-order valence-electron chi connectivity index (χ3n) is 3.56. The fourth-order valence-corrected chi connectivity index (χ4v) is 2.87. The number of ether oxygens (including phenoxy) is 1. The Kier molecular flexibility index (Phi) is 7.55. The molecule has 1 N–H and O–H groups in total. The molecule has 2 aromatic carbocycles. The maximum atomic E-state index is 12.9. The quantitative estimate of drug-likeness (QED) is 0.551. The zero-order valence-corrected chi connectivity index (χ0v) is 15.8. The van der Waals surface area contributed by atoms with Crippen LogP contribution in [0.1, 0.15) is 22.8 Å². The predicted octanol–water partition coefficient (Wildman–Crippen LogP) is 3.62. The van der Waals surface area contributed by atoms with Gasteiger partial charge in [0, 0.05) is 11.3 Å². The van der Waals surface area contributed by atoms with Gasteiger partial charge in [-0.05, 0) is 55.8 Å². The van der Waals surface area contributed by atoms with Crippen LogP contribution in [0.5, 0.6) is 0 Å². The first-order valence-corrected chi connectivity index (χ1v) is 9.44. The van der Waals surface area contributed by atoms with Crippen molar-refractivity contribution in [1.82, 2.24) is 0 Å². The van der Waals surface area contributed by atoms with Crippen LogP contribution in [0.25, 0.3) is 0 Å². The van der Waals surface area contributed by atoms with Gasteiger partial charge in [-0.25, -0.2) is 4.39 Å². The smallest absolute Gasteiger partial charge is 0.316 e. The standard InChI is InChI=1S/C20H20FNO4S/c1-13-4-3-5-17(10-13)22-18(23)11-27-12-19(24)26-14(2)20(25)15-6-8-16(21)9-7-15/h3-10,14H,11-12H2,1-2H3,(H,22,23)/t14-/m1/s1. The van der Waals surface area contributed by atoms with Gasteiger partial charge < -0.3 is 10.1 Å². The van der Waals surface area contributed by atoms with Crippen LogP contribution in [0.2, 0.25) is 0 Å². The Morgan fingerprint density at radius 2 is 1.81 bits per heavy atom. The second kappa shape index (κ2) is 9.87. The highest BCUT2D eigenvalue weighted by Crippen LogP contribution is 2.12. The van der Waals surface area contributed by atoms with E-state index in [1.807, 2.05) is 25.1 Å². The minimum absolute atomic E-state index is 0.0533. The number of amides is 1. The van der Waals surface area contributed by atoms with Crippen molar-refractivity contribution in [2.24, 2.45) is 0 Å². The maximum Gasteiger partial charge on any atom is 0.316 e. The molecule has 142 valence electrons. The summed E-state index contributed by atoms with van der Waals surface area (Å²) in [4.78, 5) is 35.9. The summed E-state index contributed by atoms with van der Waals surface area (Å²) in [5.74, 6) is -1.65. The Morgan fingerprint density at radius 1 is 1.11 bits per heavy atom. The maximum absolute atomic E-state index is 12.9. The minimum Gasteiger partial charge on any atom is -0.454 e. The lowest BCUT2D eigenvalue weighted by Crippen LogP contribution is -2.25. The number of esters is 1. The van der Waals surface area contributed by atoms with E-state index >= 15 is 0 Å². The number of thioether (sulfide) groups is 1. The van der Waals surface area contributed by atoms with Crippen LogP contribution in [0.15, 0.2) is 48.5 Å². The summed E-state index contributed by atoms with van der Waals surface area (Å²) in [6, 6.07) is 12.4. The van der Waals surface area contributed by atoms with Gasteiger partial charge in [-0.1, -0.05) is 12.1 Å². The summed E-state index contributed by atoms with van der Waals surface area (Å²) in [6.07, 6.45) is -0.982. The monoisotopic (exact) mass is 389 g/mol. The Morgan fingerprint density at radius 3 is 2.48 bits per heavy atom. The molecule has 1 amide bonds. The first kappa shape index (κ1) is 20.6. The number of hydrogen-bond donors (Lipinski definition) is 1. The number of hydrogen-bond acceptors (Lipinski definition) is 5. The van der Waals surface area contributed by atoms with Crippen LogP contribution in [-0.4, -0.2) is 35.3 Å². The van der Waals surface area contributed by atoms with Crippen LogP contribution in [0, 0.1) is 12.7 Å². The molecule has 0 fully saturated rings. The van der Waals surface area contributed by atoms with Crippen molar-refractivity contribution in [3.8, 4) is 0 Å². The number of benzene rings is 2. The van der Waals surface area contributed by atoms with Gasteiger partial charge in [0.1, 0.15) is 5.82 Å². The number of carbonyl (C=O) groups is 3. The van der Waals surface area contributed by atoms with Gasteiger partial charge >= 0.3 is 5.97 Å². The number of aryl methyl sites for hydroxylation is 1. The molecule has 0 bridgehead atoms. The van der Waals surface area contributed by atoms with E-state index in [2.05, 4.69) is 5.32 Å². The molecule has 7 heteroatoms. The van der Waals surface area contributed by atoms with Gasteiger partial charge in [0.05, 0.1) is 11.5 Å². The molecule has 0 radical (unpaired) electrons. The van der Waals surface area contributed by atoms with E-state index in [0.717, 1.165) is 17.3 Å². The lowest BCUT2D eigenvalue weighted by atomic mass is 10.1. The van der Waals surface area contributed by atoms with E-state index in [-0.39, 0.29) is 23.0 Å². The molecule has 0 aromatic heterocycles. The molecule has 0 saturated heterocycles. The van der Waals surface area contributed by atoms with E-state index in [4.69, 9.17) is 4.74 Å². The number of Topliss-reactive ketones (excluding diaryl/α,β-unsaturated/α-hetero) is 1. The molecule has 5 nitrogen and oxygen atoms in total. The Bertz CT molecular complexity index is 823. The fourth-order valence-electron chi connectivity index (χ4n) is 2.28. The highest BCUT2D eigenvalue weighted by molar-refractivity contribution is 8.00. The van der Waals surface area contributed by atoms with Crippen molar-refractivity contribution in [2.75, 3.05) is 16.8 Å². The number of anilines is 1. The molecule has 0 unspecified atom stereocenters. The van der Waals surface area contributed by atoms with Gasteiger partial charge in [0.2, 0.25) is 11.7 Å². The van der Waals surface area contributed by atoms with Gasteiger partial charge in [0.15, 0.2) is 6.10 Å². The lowest BCUT2D eigenvalue weighted by molar-refractivity contribution is -0.143. The summed E-state index contributed by atoms with van der Waals surface area (Å²) >= 11 is 1.10. The first-order chi connectivity index (χ1) is 12.8. The summed E-state index contributed by atoms with van der Waals surface area (Å²) in [7, 11) is 0. The van der Waals surface area contributed by atoms with Crippen LogP contribution in [0.4, 0.5) is 10.1 Å². The molecular weight excluding hydrogens is 369 g/mol. The molecule has 0 saturated carbocycles. The van der Waals surface area contributed by atoms with Crippen LogP contribution < -0.4 is 5.32 Å². The molecule has 27 heavy (non-hydrogen) atoms. The van der Waals surface area contributed by atoms with Crippen molar-refractivity contribution in [3.63, 3.8) is 0 Å². The van der Waals surface area contributed by atoms with E-state index in [1.165, 1.54) is 31.2 Å². The molecule has 2 rings (SSSR count). The van der Waals surface area contributed by atoms with Crippen LogP contribution >= 0.6 is 11.8 Å². The topological polar surface area (TPSA) is 72.5 Å². The number of halogens is 1. The highest BCUT2D eigenvalue weighted by Gasteiger charge is 2.19. The number of carbonyl (C=O) groups excluding carboxylic acids is 3. The zero-order valence-electron chi connectivity index (χ0n) is 15.0. The molecular formula is C20H20FNO4S. The average Bonchev–Trinajstić information content (AvgIpc) is 2.61. The van der Waals surface area contributed by atoms with E-state index in [0.29, 0.717) is 5.69 Å². The first-order valence-electron chi connectivity index (χ1n) is 8.28. The third-order valence-corrected chi connectivity index (χ3v) is 4.47. The summed E-state index contributed by atoms with van der Waals surface area (Å²) in [5, 5.41) is 2.74. The molecule has 1 atom stereocenters. The number of nitrogens with one attached hydrogen (secondary N) is 1. The van der Waals surface area contributed by atoms with Gasteiger partial charge in [-0.3, -0.25) is 14.4 Å². The second-order valence-electron chi connectivity index (χ2n) is 5.91. The van der Waals surface area contributed by atoms with Crippen molar-refractivity contribution >= 4 is 35.1 Å². The van der Waals surface area contributed by atoms with E-state index in [9.17, 15) is 18.8 Å². The lowest BCUT2D eigenvalue weighted by Gasteiger charge is -2.12.